The van der Waals surface area contributed by atoms with E-state index in [4.69, 9.17) is 22.1 Å². The van der Waals surface area contributed by atoms with Crippen LogP contribution in [0.3, 0.4) is 0 Å². The first-order valence-corrected chi connectivity index (χ1v) is 7.82. The van der Waals surface area contributed by atoms with Crippen molar-refractivity contribution >= 4 is 23.4 Å². The number of carbonyl (C=O) groups excluding carboxylic acids is 2. The van der Waals surface area contributed by atoms with E-state index in [1.807, 2.05) is 6.92 Å². The molecule has 0 radical (unpaired) electrons. The lowest BCUT2D eigenvalue weighted by Gasteiger charge is -2.37. The number of piperidine rings is 1. The van der Waals surface area contributed by atoms with Gasteiger partial charge in [0.05, 0.1) is 18.9 Å². The van der Waals surface area contributed by atoms with Crippen molar-refractivity contribution in [3.8, 4) is 5.75 Å². The number of carbonyl (C=O) groups is 2. The Kier molecular flexibility index (Phi) is 5.66. The van der Waals surface area contributed by atoms with Crippen molar-refractivity contribution in [3.05, 3.63) is 29.3 Å². The van der Waals surface area contributed by atoms with E-state index in [1.165, 1.54) is 0 Å². The molecule has 0 saturated carbocycles. The second-order valence-electron chi connectivity index (χ2n) is 5.63. The van der Waals surface area contributed by atoms with Crippen LogP contribution < -0.4 is 10.5 Å². The maximum absolute atomic E-state index is 12.3. The Morgan fingerprint density at radius 3 is 2.86 bits per heavy atom. The Morgan fingerprint density at radius 1 is 1.41 bits per heavy atom. The molecular weight excluding hydrogens is 304 g/mol. The summed E-state index contributed by atoms with van der Waals surface area (Å²) < 4.78 is 5.53. The summed E-state index contributed by atoms with van der Waals surface area (Å²) in [4.78, 5) is 25.3. The van der Waals surface area contributed by atoms with Crippen LogP contribution in [0.2, 0.25) is 5.02 Å². The number of primary amides is 1. The quantitative estimate of drug-likeness (QED) is 0.902. The molecule has 1 heterocycles. The number of benzene rings is 1. The number of likely N-dealkylation sites (tertiary alicyclic amines) is 1. The second kappa shape index (κ2) is 7.49. The zero-order chi connectivity index (χ0) is 16.1. The second-order valence-corrected chi connectivity index (χ2v) is 6.06. The minimum atomic E-state index is -0.333. The molecule has 1 saturated heterocycles. The van der Waals surface area contributed by atoms with Crippen LogP contribution in [0, 0.1) is 5.92 Å². The van der Waals surface area contributed by atoms with Crippen LogP contribution >= 0.6 is 11.6 Å². The number of ether oxygens (including phenoxy) is 1. The zero-order valence-electron chi connectivity index (χ0n) is 12.6. The molecule has 5 nitrogen and oxygen atoms in total. The van der Waals surface area contributed by atoms with Crippen molar-refractivity contribution < 1.29 is 14.3 Å². The SMILES string of the molecule is C[C@H]1CC[C@@H](C(N)=O)CN1C(=O)CCOc1cccc(Cl)c1. The molecule has 1 fully saturated rings. The third-order valence-corrected chi connectivity index (χ3v) is 4.22. The van der Waals surface area contributed by atoms with Gasteiger partial charge in [-0.3, -0.25) is 9.59 Å². The molecule has 6 heteroatoms. The number of nitrogens with zero attached hydrogens (tertiary/aromatic N) is 1. The van der Waals surface area contributed by atoms with E-state index in [0.29, 0.717) is 17.3 Å². The molecule has 1 aromatic carbocycles. The molecule has 0 aliphatic carbocycles. The highest BCUT2D eigenvalue weighted by molar-refractivity contribution is 6.30. The molecule has 0 spiro atoms. The van der Waals surface area contributed by atoms with E-state index >= 15 is 0 Å². The zero-order valence-corrected chi connectivity index (χ0v) is 13.4. The lowest BCUT2D eigenvalue weighted by Crippen LogP contribution is -2.48. The van der Waals surface area contributed by atoms with Gasteiger partial charge in [0.1, 0.15) is 5.75 Å². The standard InChI is InChI=1S/C16H21ClN2O3/c1-11-5-6-12(16(18)21)10-19(11)15(20)7-8-22-14-4-2-3-13(17)9-14/h2-4,9,11-12H,5-8,10H2,1H3,(H2,18,21)/t11-,12+/m0/s1. The Bertz CT molecular complexity index is 550. The summed E-state index contributed by atoms with van der Waals surface area (Å²) in [6.45, 7) is 2.68. The van der Waals surface area contributed by atoms with Gasteiger partial charge in [0, 0.05) is 17.6 Å². The lowest BCUT2D eigenvalue weighted by molar-refractivity contribution is -0.138. The van der Waals surface area contributed by atoms with Gasteiger partial charge in [0.2, 0.25) is 11.8 Å². The highest BCUT2D eigenvalue weighted by Crippen LogP contribution is 2.22. The predicted octanol–water partition coefficient (Wildman–Crippen LogP) is 2.22. The van der Waals surface area contributed by atoms with Gasteiger partial charge in [-0.05, 0) is 38.0 Å². The first kappa shape index (κ1) is 16.6. The van der Waals surface area contributed by atoms with E-state index in [9.17, 15) is 9.59 Å². The van der Waals surface area contributed by atoms with Gasteiger partial charge >= 0.3 is 0 Å². The first-order valence-electron chi connectivity index (χ1n) is 7.44. The van der Waals surface area contributed by atoms with Crippen molar-refractivity contribution in [3.63, 3.8) is 0 Å². The predicted molar refractivity (Wildman–Crippen MR) is 84.7 cm³/mol. The van der Waals surface area contributed by atoms with Crippen LogP contribution in [0.25, 0.3) is 0 Å². The van der Waals surface area contributed by atoms with Crippen LogP contribution in [0.15, 0.2) is 24.3 Å². The smallest absolute Gasteiger partial charge is 0.226 e. The van der Waals surface area contributed by atoms with E-state index < -0.39 is 0 Å². The summed E-state index contributed by atoms with van der Waals surface area (Å²) >= 11 is 5.87. The normalized spacial score (nSPS) is 21.5. The van der Waals surface area contributed by atoms with Gasteiger partial charge in [-0.2, -0.15) is 0 Å². The number of amides is 2. The van der Waals surface area contributed by atoms with Crippen LogP contribution in [0.4, 0.5) is 0 Å². The van der Waals surface area contributed by atoms with Gasteiger partial charge in [0.25, 0.3) is 0 Å². The highest BCUT2D eigenvalue weighted by atomic mass is 35.5. The van der Waals surface area contributed by atoms with E-state index in [0.717, 1.165) is 12.8 Å². The fraction of sp³-hybridized carbons (Fsp3) is 0.500. The van der Waals surface area contributed by atoms with Crippen LogP contribution in [-0.2, 0) is 9.59 Å². The summed E-state index contributed by atoms with van der Waals surface area (Å²) in [6, 6.07) is 7.19. The number of halogens is 1. The highest BCUT2D eigenvalue weighted by Gasteiger charge is 2.31. The Morgan fingerprint density at radius 2 is 2.18 bits per heavy atom. The van der Waals surface area contributed by atoms with Crippen LogP contribution in [0.5, 0.6) is 5.75 Å². The van der Waals surface area contributed by atoms with Gasteiger partial charge in [0.15, 0.2) is 0 Å². The summed E-state index contributed by atoms with van der Waals surface area (Å²) in [5.41, 5.74) is 5.35. The third-order valence-electron chi connectivity index (χ3n) is 3.99. The number of hydrogen-bond donors (Lipinski definition) is 1. The van der Waals surface area contributed by atoms with Crippen molar-refractivity contribution in [2.24, 2.45) is 11.7 Å². The summed E-state index contributed by atoms with van der Waals surface area (Å²) in [5.74, 6) is 0.0522. The van der Waals surface area contributed by atoms with E-state index in [2.05, 4.69) is 0 Å². The van der Waals surface area contributed by atoms with Gasteiger partial charge in [-0.25, -0.2) is 0 Å². The molecule has 1 aromatic rings. The van der Waals surface area contributed by atoms with Crippen molar-refractivity contribution in [2.75, 3.05) is 13.2 Å². The lowest BCUT2D eigenvalue weighted by atomic mass is 9.92. The molecule has 2 atom stereocenters. The molecule has 2 N–H and O–H groups in total. The summed E-state index contributed by atoms with van der Waals surface area (Å²) in [5, 5.41) is 0.595. The van der Waals surface area contributed by atoms with Crippen LogP contribution in [0.1, 0.15) is 26.2 Å². The molecule has 0 aromatic heterocycles. The van der Waals surface area contributed by atoms with E-state index in [1.54, 1.807) is 29.2 Å². The summed E-state index contributed by atoms with van der Waals surface area (Å²) in [7, 11) is 0. The molecule has 0 bridgehead atoms. The van der Waals surface area contributed by atoms with Crippen LogP contribution in [-0.4, -0.2) is 35.9 Å². The fourth-order valence-corrected chi connectivity index (χ4v) is 2.82. The van der Waals surface area contributed by atoms with Gasteiger partial charge in [-0.1, -0.05) is 17.7 Å². The number of rotatable bonds is 5. The molecule has 1 aliphatic rings. The molecule has 2 amide bonds. The van der Waals surface area contributed by atoms with Crippen molar-refractivity contribution in [1.29, 1.82) is 0 Å². The van der Waals surface area contributed by atoms with Crippen molar-refractivity contribution in [1.82, 2.24) is 4.90 Å². The number of hydrogen-bond acceptors (Lipinski definition) is 3. The van der Waals surface area contributed by atoms with E-state index in [-0.39, 0.29) is 36.8 Å². The van der Waals surface area contributed by atoms with Crippen molar-refractivity contribution in [2.45, 2.75) is 32.2 Å². The average Bonchev–Trinajstić information content (AvgIpc) is 2.47. The topological polar surface area (TPSA) is 72.6 Å². The monoisotopic (exact) mass is 324 g/mol. The molecule has 22 heavy (non-hydrogen) atoms. The maximum Gasteiger partial charge on any atom is 0.226 e. The third kappa shape index (κ3) is 4.37. The number of nitrogens with two attached hydrogens (primary N) is 1. The summed E-state index contributed by atoms with van der Waals surface area (Å²) in [6.07, 6.45) is 1.82. The minimum Gasteiger partial charge on any atom is -0.493 e. The largest absolute Gasteiger partial charge is 0.493 e. The minimum absolute atomic E-state index is 0.0134. The van der Waals surface area contributed by atoms with Gasteiger partial charge < -0.3 is 15.4 Å². The molecule has 0 unspecified atom stereocenters. The molecule has 2 rings (SSSR count). The molecule has 1 aliphatic heterocycles. The Balaban J connectivity index is 1.84. The first-order chi connectivity index (χ1) is 10.5. The molecule has 120 valence electrons. The molecular formula is C16H21ClN2O3. The average molecular weight is 325 g/mol. The Hall–Kier alpha value is -1.75. The fourth-order valence-electron chi connectivity index (χ4n) is 2.64. The maximum atomic E-state index is 12.3. The Labute approximate surface area is 135 Å². The van der Waals surface area contributed by atoms with Gasteiger partial charge in [-0.15, -0.1) is 0 Å².